The Morgan fingerprint density at radius 1 is 1.26 bits per heavy atom. The Kier molecular flexibility index (Phi) is 5.59. The average Bonchev–Trinajstić information content (AvgIpc) is 2.46. The van der Waals surface area contributed by atoms with E-state index >= 15 is 0 Å². The molecule has 19 heavy (non-hydrogen) atoms. The van der Waals surface area contributed by atoms with Gasteiger partial charge in [0, 0.05) is 34.9 Å². The van der Waals surface area contributed by atoms with E-state index in [0.29, 0.717) is 12.0 Å². The molecular weight excluding hydrogens is 254 g/mol. The molecule has 0 amide bonds. The van der Waals surface area contributed by atoms with Crippen LogP contribution in [0.2, 0.25) is 0 Å². The number of hydrogen-bond acceptors (Lipinski definition) is 2. The molecule has 0 spiro atoms. The fraction of sp³-hybridized carbons (Fsp3) is 0.625. The van der Waals surface area contributed by atoms with Crippen molar-refractivity contribution in [1.29, 1.82) is 0 Å². The SMILES string of the molecule is CC(CNC1CCCCC1c1ccccc1)S(C)=O. The van der Waals surface area contributed by atoms with Gasteiger partial charge in [0.1, 0.15) is 0 Å². The van der Waals surface area contributed by atoms with Crippen LogP contribution in [0.5, 0.6) is 0 Å². The van der Waals surface area contributed by atoms with Crippen LogP contribution in [0.4, 0.5) is 0 Å². The molecule has 4 unspecified atom stereocenters. The lowest BCUT2D eigenvalue weighted by Crippen LogP contribution is -2.41. The minimum absolute atomic E-state index is 0.235. The van der Waals surface area contributed by atoms with E-state index in [4.69, 9.17) is 0 Å². The van der Waals surface area contributed by atoms with Gasteiger partial charge in [0.25, 0.3) is 0 Å². The summed E-state index contributed by atoms with van der Waals surface area (Å²) in [5.41, 5.74) is 1.45. The number of rotatable bonds is 5. The molecule has 1 aromatic carbocycles. The van der Waals surface area contributed by atoms with Gasteiger partial charge in [0.15, 0.2) is 0 Å². The molecule has 0 aromatic heterocycles. The Bertz CT molecular complexity index is 406. The predicted molar refractivity (Wildman–Crippen MR) is 83.0 cm³/mol. The smallest absolute Gasteiger partial charge is 0.0441 e. The zero-order valence-electron chi connectivity index (χ0n) is 12.0. The topological polar surface area (TPSA) is 29.1 Å². The molecule has 1 N–H and O–H groups in total. The molecule has 4 atom stereocenters. The minimum Gasteiger partial charge on any atom is -0.312 e. The van der Waals surface area contributed by atoms with E-state index in [1.54, 1.807) is 6.26 Å². The van der Waals surface area contributed by atoms with Crippen molar-refractivity contribution in [2.24, 2.45) is 0 Å². The molecule has 3 heteroatoms. The van der Waals surface area contributed by atoms with Crippen LogP contribution in [0.3, 0.4) is 0 Å². The van der Waals surface area contributed by atoms with Crippen molar-refractivity contribution in [1.82, 2.24) is 5.32 Å². The summed E-state index contributed by atoms with van der Waals surface area (Å²) in [5, 5.41) is 3.89. The molecule has 1 fully saturated rings. The zero-order valence-corrected chi connectivity index (χ0v) is 12.8. The molecule has 2 nitrogen and oxygen atoms in total. The molecule has 1 aliphatic rings. The highest BCUT2D eigenvalue weighted by atomic mass is 32.2. The number of hydrogen-bond donors (Lipinski definition) is 1. The van der Waals surface area contributed by atoms with Gasteiger partial charge in [-0.2, -0.15) is 0 Å². The molecule has 1 aromatic rings. The monoisotopic (exact) mass is 279 g/mol. The summed E-state index contributed by atoms with van der Waals surface area (Å²) in [6.07, 6.45) is 6.94. The maximum atomic E-state index is 11.4. The quantitative estimate of drug-likeness (QED) is 0.897. The van der Waals surface area contributed by atoms with Crippen LogP contribution in [-0.4, -0.2) is 28.3 Å². The Balaban J connectivity index is 1.98. The van der Waals surface area contributed by atoms with Crippen LogP contribution in [0.1, 0.15) is 44.1 Å². The summed E-state index contributed by atoms with van der Waals surface area (Å²) in [7, 11) is -0.733. The highest BCUT2D eigenvalue weighted by Crippen LogP contribution is 2.32. The third kappa shape index (κ3) is 4.15. The summed E-state index contributed by atoms with van der Waals surface area (Å²) in [6.45, 7) is 2.92. The van der Waals surface area contributed by atoms with Crippen LogP contribution in [0, 0.1) is 0 Å². The van der Waals surface area contributed by atoms with Crippen molar-refractivity contribution in [3.05, 3.63) is 35.9 Å². The normalized spacial score (nSPS) is 26.8. The molecule has 0 heterocycles. The second-order valence-corrected chi connectivity index (χ2v) is 7.43. The highest BCUT2D eigenvalue weighted by molar-refractivity contribution is 7.84. The van der Waals surface area contributed by atoms with Crippen LogP contribution < -0.4 is 5.32 Å². The van der Waals surface area contributed by atoms with Crippen molar-refractivity contribution in [3.63, 3.8) is 0 Å². The number of nitrogens with one attached hydrogen (secondary N) is 1. The van der Waals surface area contributed by atoms with E-state index in [0.717, 1.165) is 6.54 Å². The van der Waals surface area contributed by atoms with Gasteiger partial charge in [-0.15, -0.1) is 0 Å². The van der Waals surface area contributed by atoms with E-state index < -0.39 is 10.8 Å². The van der Waals surface area contributed by atoms with Gasteiger partial charge in [-0.3, -0.25) is 4.21 Å². The van der Waals surface area contributed by atoms with E-state index in [2.05, 4.69) is 42.6 Å². The Morgan fingerprint density at radius 3 is 2.63 bits per heavy atom. The van der Waals surface area contributed by atoms with Crippen LogP contribution in [0.15, 0.2) is 30.3 Å². The summed E-state index contributed by atoms with van der Waals surface area (Å²) >= 11 is 0. The first-order chi connectivity index (χ1) is 9.18. The molecule has 1 saturated carbocycles. The highest BCUT2D eigenvalue weighted by Gasteiger charge is 2.26. The lowest BCUT2D eigenvalue weighted by Gasteiger charge is -2.33. The third-order valence-corrected chi connectivity index (χ3v) is 5.53. The third-order valence-electron chi connectivity index (χ3n) is 4.23. The van der Waals surface area contributed by atoms with Crippen LogP contribution in [0.25, 0.3) is 0 Å². The first-order valence-corrected chi connectivity index (χ1v) is 8.91. The molecular formula is C16H25NOS. The maximum Gasteiger partial charge on any atom is 0.0441 e. The summed E-state index contributed by atoms with van der Waals surface area (Å²) in [6, 6.07) is 11.4. The van der Waals surface area contributed by atoms with Crippen molar-refractivity contribution in [3.8, 4) is 0 Å². The first-order valence-electron chi connectivity index (χ1n) is 7.29. The predicted octanol–water partition coefficient (Wildman–Crippen LogP) is 3.07. The fourth-order valence-corrected chi connectivity index (χ4v) is 3.24. The van der Waals surface area contributed by atoms with Crippen LogP contribution >= 0.6 is 0 Å². The Hall–Kier alpha value is -0.670. The van der Waals surface area contributed by atoms with E-state index in [-0.39, 0.29) is 5.25 Å². The van der Waals surface area contributed by atoms with E-state index in [1.807, 2.05) is 0 Å². The van der Waals surface area contributed by atoms with Crippen molar-refractivity contribution in [2.75, 3.05) is 12.8 Å². The summed E-state index contributed by atoms with van der Waals surface area (Å²) in [4.78, 5) is 0. The van der Waals surface area contributed by atoms with Crippen molar-refractivity contribution >= 4 is 10.8 Å². The molecule has 106 valence electrons. The number of benzene rings is 1. The largest absolute Gasteiger partial charge is 0.312 e. The van der Waals surface area contributed by atoms with Gasteiger partial charge in [-0.25, -0.2) is 0 Å². The second kappa shape index (κ2) is 7.20. The van der Waals surface area contributed by atoms with Gasteiger partial charge in [-0.05, 0) is 31.2 Å². The minimum atomic E-state index is -0.733. The molecule has 0 aliphatic heterocycles. The Morgan fingerprint density at radius 2 is 1.95 bits per heavy atom. The van der Waals surface area contributed by atoms with Gasteiger partial charge >= 0.3 is 0 Å². The Labute approximate surface area is 119 Å². The standard InChI is InChI=1S/C16H25NOS/c1-13(19(2)18)12-17-16-11-7-6-10-15(16)14-8-4-3-5-9-14/h3-5,8-9,13,15-17H,6-7,10-12H2,1-2H3. The van der Waals surface area contributed by atoms with Gasteiger partial charge in [0.05, 0.1) is 0 Å². The van der Waals surface area contributed by atoms with E-state index in [1.165, 1.54) is 31.2 Å². The molecule has 1 aliphatic carbocycles. The van der Waals surface area contributed by atoms with Gasteiger partial charge in [-0.1, -0.05) is 43.2 Å². The van der Waals surface area contributed by atoms with Crippen molar-refractivity contribution in [2.45, 2.75) is 49.8 Å². The second-order valence-electron chi connectivity index (χ2n) is 5.63. The van der Waals surface area contributed by atoms with Gasteiger partial charge in [0.2, 0.25) is 0 Å². The fourth-order valence-electron chi connectivity index (χ4n) is 2.91. The molecule has 0 bridgehead atoms. The van der Waals surface area contributed by atoms with E-state index in [9.17, 15) is 4.21 Å². The average molecular weight is 279 g/mol. The lowest BCUT2D eigenvalue weighted by atomic mass is 9.80. The summed E-state index contributed by atoms with van der Waals surface area (Å²) in [5.74, 6) is 0.618. The van der Waals surface area contributed by atoms with Crippen molar-refractivity contribution < 1.29 is 4.21 Å². The first kappa shape index (κ1) is 14.7. The zero-order chi connectivity index (χ0) is 13.7. The lowest BCUT2D eigenvalue weighted by molar-refractivity contribution is 0.329. The molecule has 0 saturated heterocycles. The molecule has 2 rings (SSSR count). The molecule has 0 radical (unpaired) electrons. The van der Waals surface area contributed by atoms with Gasteiger partial charge < -0.3 is 5.32 Å². The summed E-state index contributed by atoms with van der Waals surface area (Å²) < 4.78 is 11.4. The maximum absolute atomic E-state index is 11.4. The van der Waals surface area contributed by atoms with Crippen LogP contribution in [-0.2, 0) is 10.8 Å².